The number of pyridine rings is 3. The molecule has 2 N–H and O–H groups in total. The van der Waals surface area contributed by atoms with Gasteiger partial charge in [-0.3, -0.25) is 9.97 Å². The predicted octanol–water partition coefficient (Wildman–Crippen LogP) is 3.89. The van der Waals surface area contributed by atoms with Crippen molar-refractivity contribution >= 4 is 17.6 Å². The zero-order valence-electron chi connectivity index (χ0n) is 16.0. The van der Waals surface area contributed by atoms with Crippen LogP contribution in [-0.4, -0.2) is 27.7 Å². The highest BCUT2D eigenvalue weighted by atomic mass is 32.2. The molecule has 9 heteroatoms. The number of nitrogens with two attached hydrogens (primary N) is 1. The van der Waals surface area contributed by atoms with Gasteiger partial charge in [-0.2, -0.15) is 10.5 Å². The molecule has 1 unspecified atom stereocenters. The summed E-state index contributed by atoms with van der Waals surface area (Å²) in [7, 11) is 0. The van der Waals surface area contributed by atoms with E-state index in [9.17, 15) is 14.9 Å². The molecule has 0 amide bonds. The van der Waals surface area contributed by atoms with Crippen molar-refractivity contribution in [2.24, 2.45) is 0 Å². The molecule has 1 atom stereocenters. The molecule has 3 aromatic heterocycles. The van der Waals surface area contributed by atoms with Crippen molar-refractivity contribution in [2.75, 3.05) is 12.4 Å². The van der Waals surface area contributed by atoms with Crippen LogP contribution < -0.4 is 10.5 Å². The third-order valence-corrected chi connectivity index (χ3v) is 5.05. The van der Waals surface area contributed by atoms with Gasteiger partial charge >= 0.3 is 0 Å². The Morgan fingerprint density at radius 2 is 1.97 bits per heavy atom. The van der Waals surface area contributed by atoms with Gasteiger partial charge in [-0.05, 0) is 31.2 Å². The summed E-state index contributed by atoms with van der Waals surface area (Å²) in [6.07, 6.45) is 2.50. The maximum absolute atomic E-state index is 12.7. The predicted molar refractivity (Wildman–Crippen MR) is 111 cm³/mol. The number of halogens is 1. The van der Waals surface area contributed by atoms with Crippen molar-refractivity contribution in [1.82, 2.24) is 15.0 Å². The lowest BCUT2D eigenvalue weighted by Crippen LogP contribution is -2.13. The summed E-state index contributed by atoms with van der Waals surface area (Å²) < 4.78 is 18.0. The molecule has 0 aromatic carbocycles. The number of alkyl halides is 1. The number of hydrogen-bond acceptors (Lipinski definition) is 8. The number of ether oxygens (including phenoxy) is 1. The van der Waals surface area contributed by atoms with E-state index in [-0.39, 0.29) is 16.9 Å². The Hall–Kier alpha value is -3.69. The molecule has 150 valence electrons. The molecule has 0 aliphatic rings. The zero-order valence-corrected chi connectivity index (χ0v) is 16.9. The molecule has 0 bridgehead atoms. The van der Waals surface area contributed by atoms with Crippen molar-refractivity contribution < 1.29 is 9.13 Å². The average molecular weight is 420 g/mol. The molecule has 30 heavy (non-hydrogen) atoms. The molecule has 0 fully saturated rings. The van der Waals surface area contributed by atoms with E-state index in [0.717, 1.165) is 5.69 Å². The molecular weight excluding hydrogens is 403 g/mol. The fourth-order valence-corrected chi connectivity index (χ4v) is 3.56. The van der Waals surface area contributed by atoms with Crippen LogP contribution in [0.5, 0.6) is 5.75 Å². The van der Waals surface area contributed by atoms with Crippen LogP contribution in [0.15, 0.2) is 47.8 Å². The molecule has 0 aliphatic heterocycles. The van der Waals surface area contributed by atoms with Gasteiger partial charge in [0.15, 0.2) is 0 Å². The fraction of sp³-hybridized carbons (Fsp3) is 0.190. The number of rotatable bonds is 7. The van der Waals surface area contributed by atoms with Crippen molar-refractivity contribution in [1.29, 1.82) is 10.5 Å². The first-order chi connectivity index (χ1) is 14.6. The van der Waals surface area contributed by atoms with Crippen LogP contribution in [0.1, 0.15) is 23.7 Å². The van der Waals surface area contributed by atoms with Gasteiger partial charge in [0.1, 0.15) is 47.1 Å². The lowest BCUT2D eigenvalue weighted by molar-refractivity contribution is 0.181. The summed E-state index contributed by atoms with van der Waals surface area (Å²) in [5.74, 6) is 0.880. The highest BCUT2D eigenvalue weighted by molar-refractivity contribution is 7.98. The summed E-state index contributed by atoms with van der Waals surface area (Å²) in [6, 6.07) is 12.9. The molecular formula is C21H17FN6OS. The minimum atomic E-state index is -0.628. The van der Waals surface area contributed by atoms with Crippen LogP contribution >= 0.6 is 11.8 Å². The second-order valence-electron chi connectivity index (χ2n) is 6.22. The molecule has 0 saturated carbocycles. The van der Waals surface area contributed by atoms with Gasteiger partial charge < -0.3 is 10.5 Å². The van der Waals surface area contributed by atoms with E-state index in [1.165, 1.54) is 18.0 Å². The number of thioether (sulfide) groups is 1. The molecule has 7 nitrogen and oxygen atoms in total. The van der Waals surface area contributed by atoms with Crippen LogP contribution in [0.2, 0.25) is 0 Å². The van der Waals surface area contributed by atoms with Gasteiger partial charge in [-0.25, -0.2) is 9.37 Å². The molecule has 3 heterocycles. The van der Waals surface area contributed by atoms with Crippen LogP contribution in [0.4, 0.5) is 10.2 Å². The van der Waals surface area contributed by atoms with Crippen LogP contribution in [-0.2, 0) is 5.75 Å². The molecule has 0 aliphatic carbocycles. The maximum Gasteiger partial charge on any atom is 0.143 e. The fourth-order valence-electron chi connectivity index (χ4n) is 2.65. The molecule has 3 rings (SSSR count). The standard InChI is InChI=1S/C21H17FN6OS/c1-13(8-22)29-15-5-6-18(27-11-15)19-16(9-23)20(25)28-21(17(19)10-24)30-12-14-4-2-3-7-26-14/h2-7,11,13H,8,12H2,1H3,(H2,25,28). The molecule has 0 spiro atoms. The van der Waals surface area contributed by atoms with Gasteiger partial charge in [0.05, 0.1) is 23.1 Å². The normalized spacial score (nSPS) is 11.3. The van der Waals surface area contributed by atoms with Crippen molar-refractivity contribution in [3.8, 4) is 29.1 Å². The lowest BCUT2D eigenvalue weighted by atomic mass is 10.0. The Morgan fingerprint density at radius 3 is 2.57 bits per heavy atom. The number of hydrogen-bond donors (Lipinski definition) is 1. The number of nitrogen functional groups attached to an aromatic ring is 1. The van der Waals surface area contributed by atoms with Crippen LogP contribution in [0.3, 0.4) is 0 Å². The Morgan fingerprint density at radius 1 is 1.17 bits per heavy atom. The first-order valence-corrected chi connectivity index (χ1v) is 9.91. The second kappa shape index (κ2) is 9.68. The smallest absolute Gasteiger partial charge is 0.143 e. The molecule has 0 saturated heterocycles. The lowest BCUT2D eigenvalue weighted by Gasteiger charge is -2.14. The second-order valence-corrected chi connectivity index (χ2v) is 7.19. The van der Waals surface area contributed by atoms with Crippen LogP contribution in [0, 0.1) is 22.7 Å². The van der Waals surface area contributed by atoms with Gasteiger partial charge in [0.2, 0.25) is 0 Å². The Labute approximate surface area is 177 Å². The largest absolute Gasteiger partial charge is 0.486 e. The summed E-state index contributed by atoms with van der Waals surface area (Å²) in [6.45, 7) is 0.973. The Bertz CT molecular complexity index is 1110. The number of aromatic nitrogens is 3. The monoisotopic (exact) mass is 420 g/mol. The Balaban J connectivity index is 2.01. The number of nitrogens with zero attached hydrogens (tertiary/aromatic N) is 5. The van der Waals surface area contributed by atoms with Crippen molar-refractivity contribution in [2.45, 2.75) is 23.8 Å². The van der Waals surface area contributed by atoms with E-state index in [1.54, 1.807) is 25.3 Å². The van der Waals surface area contributed by atoms with E-state index < -0.39 is 12.8 Å². The highest BCUT2D eigenvalue weighted by Gasteiger charge is 2.21. The zero-order chi connectivity index (χ0) is 21.5. The average Bonchev–Trinajstić information content (AvgIpc) is 2.78. The van der Waals surface area contributed by atoms with Crippen LogP contribution in [0.25, 0.3) is 11.3 Å². The first-order valence-electron chi connectivity index (χ1n) is 8.92. The third-order valence-electron chi connectivity index (χ3n) is 4.05. The topological polar surface area (TPSA) is 121 Å². The van der Waals surface area contributed by atoms with Crippen molar-refractivity contribution in [3.05, 3.63) is 59.5 Å². The summed E-state index contributed by atoms with van der Waals surface area (Å²) in [4.78, 5) is 12.8. The van der Waals surface area contributed by atoms with E-state index in [1.807, 2.05) is 24.3 Å². The first kappa shape index (κ1) is 21.0. The SMILES string of the molecule is CC(CF)Oc1ccc(-c2c(C#N)c(N)nc(SCc3ccccn3)c2C#N)nc1. The molecule has 3 aromatic rings. The maximum atomic E-state index is 12.7. The summed E-state index contributed by atoms with van der Waals surface area (Å²) in [5.41, 5.74) is 7.79. The van der Waals surface area contributed by atoms with E-state index in [2.05, 4.69) is 21.0 Å². The summed E-state index contributed by atoms with van der Waals surface area (Å²) >= 11 is 1.30. The van der Waals surface area contributed by atoms with Gasteiger partial charge in [-0.1, -0.05) is 17.8 Å². The Kier molecular flexibility index (Phi) is 6.79. The highest BCUT2D eigenvalue weighted by Crippen LogP contribution is 2.36. The number of nitriles is 2. The molecule has 0 radical (unpaired) electrons. The third kappa shape index (κ3) is 4.65. The minimum Gasteiger partial charge on any atom is -0.486 e. The van der Waals surface area contributed by atoms with Gasteiger partial charge in [0.25, 0.3) is 0 Å². The van der Waals surface area contributed by atoms with Gasteiger partial charge in [-0.15, -0.1) is 0 Å². The number of anilines is 1. The van der Waals surface area contributed by atoms with E-state index in [4.69, 9.17) is 10.5 Å². The minimum absolute atomic E-state index is 0.0169. The van der Waals surface area contributed by atoms with E-state index in [0.29, 0.717) is 27.8 Å². The van der Waals surface area contributed by atoms with Crippen molar-refractivity contribution in [3.63, 3.8) is 0 Å². The summed E-state index contributed by atoms with van der Waals surface area (Å²) in [5, 5.41) is 19.8. The van der Waals surface area contributed by atoms with E-state index >= 15 is 0 Å². The van der Waals surface area contributed by atoms with Gasteiger partial charge in [0, 0.05) is 17.5 Å². The quantitative estimate of drug-likeness (QED) is 0.571.